The standard InChI is InChI=1S/C34H34O4/c1-2-31(24-27-15-19-30(20-16-27)29-13-7-4-8-14-29)38-32-21-17-28(18-22-32)25-33(34(35)36)37-23-9-12-26-10-5-3-6-11-26/h2-8,10-11,13-22,33H,9,12,23-25H2,1H3,(H,35,36). The zero-order valence-electron chi connectivity index (χ0n) is 21.8. The third kappa shape index (κ3) is 8.19. The van der Waals surface area contributed by atoms with Crippen molar-refractivity contribution in [1.29, 1.82) is 0 Å². The Balaban J connectivity index is 1.27. The van der Waals surface area contributed by atoms with Crippen LogP contribution in [0, 0.1) is 0 Å². The molecule has 0 spiro atoms. The molecule has 0 aromatic heterocycles. The second kappa shape index (κ2) is 14.0. The molecule has 4 aromatic carbocycles. The lowest BCUT2D eigenvalue weighted by Crippen LogP contribution is -2.27. The first-order valence-corrected chi connectivity index (χ1v) is 13.1. The molecule has 0 aliphatic rings. The van der Waals surface area contributed by atoms with Crippen molar-refractivity contribution >= 4 is 5.97 Å². The van der Waals surface area contributed by atoms with Crippen LogP contribution in [-0.4, -0.2) is 23.8 Å². The molecule has 4 rings (SSSR count). The van der Waals surface area contributed by atoms with Gasteiger partial charge in [-0.2, -0.15) is 0 Å². The molecule has 0 radical (unpaired) electrons. The fourth-order valence-corrected chi connectivity index (χ4v) is 4.27. The largest absolute Gasteiger partial charge is 0.479 e. The fourth-order valence-electron chi connectivity index (χ4n) is 4.27. The van der Waals surface area contributed by atoms with E-state index in [0.29, 0.717) is 19.4 Å². The summed E-state index contributed by atoms with van der Waals surface area (Å²) in [4.78, 5) is 11.7. The molecule has 0 heterocycles. The minimum atomic E-state index is -0.945. The number of aliphatic carboxylic acids is 1. The minimum Gasteiger partial charge on any atom is -0.479 e. The van der Waals surface area contributed by atoms with Crippen molar-refractivity contribution in [3.8, 4) is 16.9 Å². The first-order valence-electron chi connectivity index (χ1n) is 13.1. The van der Waals surface area contributed by atoms with Crippen LogP contribution >= 0.6 is 0 Å². The van der Waals surface area contributed by atoms with Crippen molar-refractivity contribution in [2.75, 3.05) is 6.61 Å². The molecular formula is C34H34O4. The molecule has 38 heavy (non-hydrogen) atoms. The Morgan fingerprint density at radius 1 is 0.763 bits per heavy atom. The Morgan fingerprint density at radius 2 is 1.37 bits per heavy atom. The maximum Gasteiger partial charge on any atom is 0.333 e. The number of hydrogen-bond donors (Lipinski definition) is 1. The van der Waals surface area contributed by atoms with Crippen molar-refractivity contribution in [2.24, 2.45) is 0 Å². The van der Waals surface area contributed by atoms with E-state index in [4.69, 9.17) is 9.47 Å². The van der Waals surface area contributed by atoms with Crippen LogP contribution < -0.4 is 4.74 Å². The summed E-state index contributed by atoms with van der Waals surface area (Å²) in [5, 5.41) is 9.62. The van der Waals surface area contributed by atoms with E-state index >= 15 is 0 Å². The van der Waals surface area contributed by atoms with Gasteiger partial charge in [-0.15, -0.1) is 0 Å². The Labute approximate surface area is 225 Å². The highest BCUT2D eigenvalue weighted by Crippen LogP contribution is 2.22. The number of carboxylic acids is 1. The number of hydrogen-bond acceptors (Lipinski definition) is 3. The molecule has 0 saturated carbocycles. The number of benzene rings is 4. The van der Waals surface area contributed by atoms with Gasteiger partial charge in [0.15, 0.2) is 6.10 Å². The van der Waals surface area contributed by atoms with Gasteiger partial charge in [-0.3, -0.25) is 0 Å². The fraction of sp³-hybridized carbons (Fsp3) is 0.206. The van der Waals surface area contributed by atoms with E-state index < -0.39 is 12.1 Å². The SMILES string of the molecule is CC=C(Cc1ccc(-c2ccccc2)cc1)Oc1ccc(CC(OCCCc2ccccc2)C(=O)O)cc1. The van der Waals surface area contributed by atoms with Crippen LogP contribution in [0.4, 0.5) is 0 Å². The van der Waals surface area contributed by atoms with E-state index in [1.54, 1.807) is 0 Å². The van der Waals surface area contributed by atoms with Gasteiger partial charge in [0.25, 0.3) is 0 Å². The molecule has 4 nitrogen and oxygen atoms in total. The van der Waals surface area contributed by atoms with Crippen molar-refractivity contribution < 1.29 is 19.4 Å². The van der Waals surface area contributed by atoms with Crippen LogP contribution in [-0.2, 0) is 28.8 Å². The third-order valence-corrected chi connectivity index (χ3v) is 6.40. The Morgan fingerprint density at radius 3 is 2.00 bits per heavy atom. The maximum atomic E-state index is 11.7. The summed E-state index contributed by atoms with van der Waals surface area (Å²) in [5.41, 5.74) is 5.68. The van der Waals surface area contributed by atoms with Crippen LogP contribution in [0.25, 0.3) is 11.1 Å². The Kier molecular flexibility index (Phi) is 9.89. The van der Waals surface area contributed by atoms with E-state index in [1.165, 1.54) is 22.3 Å². The average Bonchev–Trinajstić information content (AvgIpc) is 2.96. The van der Waals surface area contributed by atoms with Crippen LogP contribution in [0.15, 0.2) is 121 Å². The van der Waals surface area contributed by atoms with Crippen molar-refractivity contribution in [2.45, 2.75) is 38.7 Å². The average molecular weight is 507 g/mol. The molecule has 1 atom stereocenters. The number of ether oxygens (including phenoxy) is 2. The summed E-state index contributed by atoms with van der Waals surface area (Å²) < 4.78 is 11.8. The number of allylic oxidation sites excluding steroid dienone is 2. The summed E-state index contributed by atoms with van der Waals surface area (Å²) >= 11 is 0. The first-order chi connectivity index (χ1) is 18.6. The van der Waals surface area contributed by atoms with Gasteiger partial charge in [0.2, 0.25) is 0 Å². The molecule has 4 heteroatoms. The molecule has 0 aliphatic heterocycles. The predicted octanol–water partition coefficient (Wildman–Crippen LogP) is 7.52. The number of carboxylic acid groups (broad SMARTS) is 1. The van der Waals surface area contributed by atoms with Gasteiger partial charge in [-0.1, -0.05) is 97.1 Å². The van der Waals surface area contributed by atoms with Gasteiger partial charge in [0.1, 0.15) is 11.5 Å². The second-order valence-electron chi connectivity index (χ2n) is 9.23. The van der Waals surface area contributed by atoms with Crippen LogP contribution in [0.1, 0.15) is 30.0 Å². The quantitative estimate of drug-likeness (QED) is 0.150. The van der Waals surface area contributed by atoms with Crippen LogP contribution in [0.2, 0.25) is 0 Å². The minimum absolute atomic E-state index is 0.311. The molecule has 0 bridgehead atoms. The smallest absolute Gasteiger partial charge is 0.333 e. The van der Waals surface area contributed by atoms with Gasteiger partial charge < -0.3 is 14.6 Å². The molecular weight excluding hydrogens is 472 g/mol. The highest BCUT2D eigenvalue weighted by molar-refractivity contribution is 5.72. The molecule has 0 aliphatic carbocycles. The Hall–Kier alpha value is -4.15. The number of aryl methyl sites for hydroxylation is 1. The zero-order chi connectivity index (χ0) is 26.6. The third-order valence-electron chi connectivity index (χ3n) is 6.40. The van der Waals surface area contributed by atoms with E-state index in [1.807, 2.05) is 73.7 Å². The lowest BCUT2D eigenvalue weighted by atomic mass is 10.0. The summed E-state index contributed by atoms with van der Waals surface area (Å²) in [5.74, 6) is 0.633. The molecule has 4 aromatic rings. The molecule has 0 amide bonds. The predicted molar refractivity (Wildman–Crippen MR) is 152 cm³/mol. The highest BCUT2D eigenvalue weighted by Gasteiger charge is 2.18. The summed E-state index contributed by atoms with van der Waals surface area (Å²) in [6, 6.07) is 36.6. The number of rotatable bonds is 13. The van der Waals surface area contributed by atoms with Crippen molar-refractivity contribution in [1.82, 2.24) is 0 Å². The maximum absolute atomic E-state index is 11.7. The first kappa shape index (κ1) is 26.9. The van der Waals surface area contributed by atoms with Crippen molar-refractivity contribution in [3.63, 3.8) is 0 Å². The summed E-state index contributed by atoms with van der Waals surface area (Å²) in [6.45, 7) is 2.37. The molecule has 0 fully saturated rings. The van der Waals surface area contributed by atoms with Crippen molar-refractivity contribution in [3.05, 3.63) is 138 Å². The lowest BCUT2D eigenvalue weighted by molar-refractivity contribution is -0.150. The molecule has 1 unspecified atom stereocenters. The topological polar surface area (TPSA) is 55.8 Å². The van der Waals surface area contributed by atoms with E-state index in [-0.39, 0.29) is 0 Å². The van der Waals surface area contributed by atoms with Gasteiger partial charge in [-0.25, -0.2) is 4.79 Å². The number of carbonyl (C=O) groups is 1. The van der Waals surface area contributed by atoms with Crippen LogP contribution in [0.3, 0.4) is 0 Å². The van der Waals surface area contributed by atoms with E-state index in [9.17, 15) is 9.90 Å². The Bertz CT molecular complexity index is 1290. The normalized spacial score (nSPS) is 12.2. The van der Waals surface area contributed by atoms with E-state index in [2.05, 4.69) is 48.5 Å². The van der Waals surface area contributed by atoms with Gasteiger partial charge in [-0.05, 0) is 65.8 Å². The van der Waals surface area contributed by atoms with Gasteiger partial charge >= 0.3 is 5.97 Å². The molecule has 194 valence electrons. The van der Waals surface area contributed by atoms with Crippen LogP contribution in [0.5, 0.6) is 5.75 Å². The summed E-state index contributed by atoms with van der Waals surface area (Å²) in [7, 11) is 0. The molecule has 0 saturated heterocycles. The van der Waals surface area contributed by atoms with Gasteiger partial charge in [0.05, 0.1) is 0 Å². The zero-order valence-corrected chi connectivity index (χ0v) is 21.8. The van der Waals surface area contributed by atoms with E-state index in [0.717, 1.165) is 29.9 Å². The monoisotopic (exact) mass is 506 g/mol. The highest BCUT2D eigenvalue weighted by atomic mass is 16.5. The lowest BCUT2D eigenvalue weighted by Gasteiger charge is -2.15. The second-order valence-corrected chi connectivity index (χ2v) is 9.23. The van der Waals surface area contributed by atoms with Gasteiger partial charge in [0, 0.05) is 19.4 Å². The summed E-state index contributed by atoms with van der Waals surface area (Å²) in [6.07, 6.45) is 3.74. The molecule has 1 N–H and O–H groups in total.